The van der Waals surface area contributed by atoms with Crippen molar-refractivity contribution in [3.8, 4) is 11.4 Å². The molecule has 6 heteroatoms. The summed E-state index contributed by atoms with van der Waals surface area (Å²) in [4.78, 5) is 15.2. The van der Waals surface area contributed by atoms with Crippen LogP contribution in [-0.4, -0.2) is 32.0 Å². The van der Waals surface area contributed by atoms with Crippen LogP contribution in [0.15, 0.2) is 59.8 Å². The van der Waals surface area contributed by atoms with Gasteiger partial charge in [0.2, 0.25) is 5.91 Å². The predicted molar refractivity (Wildman–Crippen MR) is 114 cm³/mol. The number of carbonyl (C=O) groups excluding carboxylic acids is 1. The van der Waals surface area contributed by atoms with Crippen LogP contribution in [0.5, 0.6) is 0 Å². The van der Waals surface area contributed by atoms with Crippen molar-refractivity contribution in [3.05, 3.63) is 60.2 Å². The molecule has 3 aromatic rings. The SMILES string of the molecule is CCn1c(SC(C)C(=O)N2c3ccccc3CC2C)nnc1-c1ccccc1. The van der Waals surface area contributed by atoms with Crippen LogP contribution >= 0.6 is 11.8 Å². The molecule has 5 nitrogen and oxygen atoms in total. The van der Waals surface area contributed by atoms with Gasteiger partial charge in [-0.2, -0.15) is 0 Å². The molecule has 0 saturated carbocycles. The number of benzene rings is 2. The second-order valence-corrected chi connectivity index (χ2v) is 8.37. The summed E-state index contributed by atoms with van der Waals surface area (Å²) in [5.41, 5.74) is 3.31. The Bertz CT molecular complexity index is 985. The molecule has 1 amide bonds. The monoisotopic (exact) mass is 392 g/mol. The lowest BCUT2D eigenvalue weighted by Crippen LogP contribution is -2.40. The van der Waals surface area contributed by atoms with E-state index >= 15 is 0 Å². The van der Waals surface area contributed by atoms with Crippen LogP contribution in [0.2, 0.25) is 0 Å². The van der Waals surface area contributed by atoms with Crippen molar-refractivity contribution in [1.29, 1.82) is 0 Å². The Labute approximate surface area is 169 Å². The molecule has 2 unspecified atom stereocenters. The van der Waals surface area contributed by atoms with Gasteiger partial charge in [0, 0.05) is 23.8 Å². The zero-order valence-corrected chi connectivity index (χ0v) is 17.2. The van der Waals surface area contributed by atoms with Crippen molar-refractivity contribution in [2.45, 2.75) is 50.2 Å². The molecule has 0 fully saturated rings. The summed E-state index contributed by atoms with van der Waals surface area (Å²) in [6.45, 7) is 6.89. The number of hydrogen-bond acceptors (Lipinski definition) is 4. The standard InChI is InChI=1S/C22H24N4OS/c1-4-25-20(17-10-6-5-7-11-17)23-24-22(25)28-16(3)21(27)26-15(2)14-18-12-8-9-13-19(18)26/h5-13,15-16H,4,14H2,1-3H3. The minimum Gasteiger partial charge on any atom is -0.308 e. The Morgan fingerprint density at radius 3 is 2.61 bits per heavy atom. The van der Waals surface area contributed by atoms with E-state index in [1.54, 1.807) is 0 Å². The van der Waals surface area contributed by atoms with Crippen molar-refractivity contribution >= 4 is 23.4 Å². The van der Waals surface area contributed by atoms with Gasteiger partial charge in [-0.05, 0) is 38.8 Å². The first kappa shape index (κ1) is 18.7. The molecule has 0 bridgehead atoms. The molecule has 2 atom stereocenters. The molecule has 1 aliphatic heterocycles. The Morgan fingerprint density at radius 1 is 1.14 bits per heavy atom. The van der Waals surface area contributed by atoms with Crippen LogP contribution in [0.4, 0.5) is 5.69 Å². The van der Waals surface area contributed by atoms with Crippen LogP contribution in [0.25, 0.3) is 11.4 Å². The maximum absolute atomic E-state index is 13.2. The molecule has 0 radical (unpaired) electrons. The van der Waals surface area contributed by atoms with Crippen LogP contribution < -0.4 is 4.90 Å². The Hall–Kier alpha value is -2.60. The molecular formula is C22H24N4OS. The zero-order valence-electron chi connectivity index (χ0n) is 16.4. The Balaban J connectivity index is 1.57. The van der Waals surface area contributed by atoms with E-state index in [2.05, 4.69) is 34.7 Å². The average molecular weight is 393 g/mol. The second-order valence-electron chi connectivity index (χ2n) is 7.07. The maximum Gasteiger partial charge on any atom is 0.240 e. The van der Waals surface area contributed by atoms with Crippen LogP contribution in [0.1, 0.15) is 26.3 Å². The summed E-state index contributed by atoms with van der Waals surface area (Å²) < 4.78 is 2.07. The lowest BCUT2D eigenvalue weighted by molar-refractivity contribution is -0.118. The van der Waals surface area contributed by atoms with E-state index in [9.17, 15) is 4.79 Å². The second kappa shape index (κ2) is 7.80. The molecule has 144 valence electrons. The third-order valence-corrected chi connectivity index (χ3v) is 6.21. The fourth-order valence-electron chi connectivity index (χ4n) is 3.77. The van der Waals surface area contributed by atoms with E-state index in [4.69, 9.17) is 0 Å². The van der Waals surface area contributed by atoms with Gasteiger partial charge in [-0.15, -0.1) is 10.2 Å². The Morgan fingerprint density at radius 2 is 1.86 bits per heavy atom. The van der Waals surface area contributed by atoms with Gasteiger partial charge in [-0.25, -0.2) is 0 Å². The fourth-order valence-corrected chi connectivity index (χ4v) is 4.73. The molecule has 2 aromatic carbocycles. The van der Waals surface area contributed by atoms with Crippen molar-refractivity contribution < 1.29 is 4.79 Å². The highest BCUT2D eigenvalue weighted by molar-refractivity contribution is 8.00. The quantitative estimate of drug-likeness (QED) is 0.603. The number of carbonyl (C=O) groups is 1. The number of thioether (sulfide) groups is 1. The molecule has 0 aliphatic carbocycles. The number of hydrogen-bond donors (Lipinski definition) is 0. The van der Waals surface area contributed by atoms with E-state index in [1.807, 2.05) is 60.4 Å². The molecule has 0 N–H and O–H groups in total. The zero-order chi connectivity index (χ0) is 19.7. The molecule has 0 saturated heterocycles. The van der Waals surface area contributed by atoms with Crippen molar-refractivity contribution in [2.75, 3.05) is 4.90 Å². The highest BCUT2D eigenvalue weighted by atomic mass is 32.2. The maximum atomic E-state index is 13.2. The van der Waals surface area contributed by atoms with Gasteiger partial charge >= 0.3 is 0 Å². The summed E-state index contributed by atoms with van der Waals surface area (Å²) in [5.74, 6) is 0.958. The smallest absolute Gasteiger partial charge is 0.240 e. The largest absolute Gasteiger partial charge is 0.308 e. The van der Waals surface area contributed by atoms with Gasteiger partial charge in [0.25, 0.3) is 0 Å². The van der Waals surface area contributed by atoms with E-state index in [-0.39, 0.29) is 17.2 Å². The number of aromatic nitrogens is 3. The Kier molecular flexibility index (Phi) is 5.22. The van der Waals surface area contributed by atoms with Crippen molar-refractivity contribution in [3.63, 3.8) is 0 Å². The first-order chi connectivity index (χ1) is 13.6. The van der Waals surface area contributed by atoms with Crippen LogP contribution in [0, 0.1) is 0 Å². The van der Waals surface area contributed by atoms with E-state index in [1.165, 1.54) is 17.3 Å². The first-order valence-corrected chi connectivity index (χ1v) is 10.5. The first-order valence-electron chi connectivity index (χ1n) is 9.66. The molecule has 28 heavy (non-hydrogen) atoms. The molecule has 4 rings (SSSR count). The van der Waals surface area contributed by atoms with Gasteiger partial charge in [-0.3, -0.25) is 4.79 Å². The number of para-hydroxylation sites is 1. The topological polar surface area (TPSA) is 51.0 Å². The van der Waals surface area contributed by atoms with Gasteiger partial charge in [-0.1, -0.05) is 60.3 Å². The summed E-state index contributed by atoms with van der Waals surface area (Å²) >= 11 is 1.48. The summed E-state index contributed by atoms with van der Waals surface area (Å²) in [7, 11) is 0. The molecule has 2 heterocycles. The minimum atomic E-state index is -0.244. The average Bonchev–Trinajstić information content (AvgIpc) is 3.27. The normalized spacial score (nSPS) is 16.8. The lowest BCUT2D eigenvalue weighted by Gasteiger charge is -2.25. The number of rotatable bonds is 5. The van der Waals surface area contributed by atoms with E-state index < -0.39 is 0 Å². The third-order valence-electron chi connectivity index (χ3n) is 5.14. The number of fused-ring (bicyclic) bond motifs is 1. The van der Waals surface area contributed by atoms with Crippen LogP contribution in [0.3, 0.4) is 0 Å². The molecule has 1 aliphatic rings. The highest BCUT2D eigenvalue weighted by Crippen LogP contribution is 2.35. The molecular weight excluding hydrogens is 368 g/mol. The number of nitrogens with zero attached hydrogens (tertiary/aromatic N) is 4. The summed E-state index contributed by atoms with van der Waals surface area (Å²) in [5, 5.41) is 9.30. The highest BCUT2D eigenvalue weighted by Gasteiger charge is 2.34. The van der Waals surface area contributed by atoms with Crippen LogP contribution in [-0.2, 0) is 17.8 Å². The summed E-state index contributed by atoms with van der Waals surface area (Å²) in [6, 6.07) is 18.4. The van der Waals surface area contributed by atoms with Gasteiger partial charge in [0.15, 0.2) is 11.0 Å². The van der Waals surface area contributed by atoms with E-state index in [0.717, 1.165) is 35.2 Å². The third kappa shape index (κ3) is 3.33. The molecule has 1 aromatic heterocycles. The number of amides is 1. The van der Waals surface area contributed by atoms with Gasteiger partial charge < -0.3 is 9.47 Å². The molecule has 0 spiro atoms. The van der Waals surface area contributed by atoms with Crippen molar-refractivity contribution in [1.82, 2.24) is 14.8 Å². The van der Waals surface area contributed by atoms with Gasteiger partial charge in [0.05, 0.1) is 5.25 Å². The van der Waals surface area contributed by atoms with Gasteiger partial charge in [0.1, 0.15) is 0 Å². The summed E-state index contributed by atoms with van der Waals surface area (Å²) in [6.07, 6.45) is 0.905. The predicted octanol–water partition coefficient (Wildman–Crippen LogP) is 4.42. The lowest BCUT2D eigenvalue weighted by atomic mass is 10.1. The minimum absolute atomic E-state index is 0.120. The van der Waals surface area contributed by atoms with E-state index in [0.29, 0.717) is 0 Å². The number of anilines is 1. The van der Waals surface area contributed by atoms with Crippen molar-refractivity contribution in [2.24, 2.45) is 0 Å². The fraction of sp³-hybridized carbons (Fsp3) is 0.318.